The molecule has 0 aromatic heterocycles. The Labute approximate surface area is 120 Å². The van der Waals surface area contributed by atoms with Crippen LogP contribution in [-0.2, 0) is 4.74 Å². The van der Waals surface area contributed by atoms with Crippen molar-refractivity contribution in [3.63, 3.8) is 0 Å². The van der Waals surface area contributed by atoms with Crippen LogP contribution in [0.15, 0.2) is 12.1 Å². The maximum absolute atomic E-state index is 12.3. The van der Waals surface area contributed by atoms with E-state index in [-0.39, 0.29) is 27.9 Å². The van der Waals surface area contributed by atoms with Gasteiger partial charge in [0, 0.05) is 31.3 Å². The summed E-state index contributed by atoms with van der Waals surface area (Å²) in [7, 11) is 0. The van der Waals surface area contributed by atoms with E-state index in [2.05, 4.69) is 0 Å². The lowest BCUT2D eigenvalue weighted by Crippen LogP contribution is -2.33. The van der Waals surface area contributed by atoms with Gasteiger partial charge in [0.05, 0.1) is 16.6 Å². The molecule has 1 fully saturated rings. The molecule has 1 saturated heterocycles. The SMILES string of the molecule is Nc1c(Cl)cc(C(=O)N2CCCOCC2)cc1[N+](=O)[O-]. The van der Waals surface area contributed by atoms with Crippen molar-refractivity contribution < 1.29 is 14.5 Å². The van der Waals surface area contributed by atoms with E-state index >= 15 is 0 Å². The highest BCUT2D eigenvalue weighted by atomic mass is 35.5. The van der Waals surface area contributed by atoms with Gasteiger partial charge < -0.3 is 15.4 Å². The standard InChI is InChI=1S/C12H14ClN3O4/c13-9-6-8(7-10(11(9)14)16(18)19)12(17)15-2-1-4-20-5-3-15/h6-7H,1-5,14H2. The Hall–Kier alpha value is -1.86. The summed E-state index contributed by atoms with van der Waals surface area (Å²) in [6.07, 6.45) is 0.733. The van der Waals surface area contributed by atoms with Crippen molar-refractivity contribution >= 4 is 28.9 Å². The molecule has 1 amide bonds. The summed E-state index contributed by atoms with van der Waals surface area (Å²) in [5.74, 6) is -0.305. The van der Waals surface area contributed by atoms with E-state index in [0.717, 1.165) is 12.5 Å². The summed E-state index contributed by atoms with van der Waals surface area (Å²) < 4.78 is 5.27. The van der Waals surface area contributed by atoms with Gasteiger partial charge in [-0.2, -0.15) is 0 Å². The summed E-state index contributed by atoms with van der Waals surface area (Å²) >= 11 is 5.85. The molecular formula is C12H14ClN3O4. The van der Waals surface area contributed by atoms with Crippen molar-refractivity contribution in [2.45, 2.75) is 6.42 Å². The van der Waals surface area contributed by atoms with Crippen LogP contribution in [0.1, 0.15) is 16.8 Å². The second kappa shape index (κ2) is 6.06. The van der Waals surface area contributed by atoms with Crippen molar-refractivity contribution in [3.8, 4) is 0 Å². The molecule has 20 heavy (non-hydrogen) atoms. The molecule has 7 nitrogen and oxygen atoms in total. The number of nitrogens with two attached hydrogens (primary N) is 1. The van der Waals surface area contributed by atoms with E-state index in [1.165, 1.54) is 6.07 Å². The van der Waals surface area contributed by atoms with Crippen LogP contribution in [0, 0.1) is 10.1 Å². The number of nitrogens with zero attached hydrogens (tertiary/aromatic N) is 2. The first-order valence-electron chi connectivity index (χ1n) is 6.11. The molecule has 0 spiro atoms. The highest BCUT2D eigenvalue weighted by molar-refractivity contribution is 6.34. The van der Waals surface area contributed by atoms with Gasteiger partial charge in [0.15, 0.2) is 0 Å². The predicted molar refractivity (Wildman–Crippen MR) is 73.9 cm³/mol. The van der Waals surface area contributed by atoms with Gasteiger partial charge in [-0.3, -0.25) is 14.9 Å². The zero-order valence-electron chi connectivity index (χ0n) is 10.7. The van der Waals surface area contributed by atoms with E-state index in [4.69, 9.17) is 22.1 Å². The van der Waals surface area contributed by atoms with Crippen molar-refractivity contribution in [3.05, 3.63) is 32.8 Å². The smallest absolute Gasteiger partial charge is 0.294 e. The number of nitro groups is 1. The van der Waals surface area contributed by atoms with Gasteiger partial charge in [-0.05, 0) is 12.5 Å². The van der Waals surface area contributed by atoms with E-state index in [1.807, 2.05) is 0 Å². The number of nitro benzene ring substituents is 1. The molecule has 1 aliphatic rings. The number of anilines is 1. The largest absolute Gasteiger partial charge is 0.392 e. The third kappa shape index (κ3) is 3.00. The molecule has 2 N–H and O–H groups in total. The molecule has 1 heterocycles. The monoisotopic (exact) mass is 299 g/mol. The number of benzene rings is 1. The number of amides is 1. The minimum atomic E-state index is -0.649. The number of hydrogen-bond acceptors (Lipinski definition) is 5. The summed E-state index contributed by atoms with van der Waals surface area (Å²) in [5, 5.41) is 10.9. The van der Waals surface area contributed by atoms with Gasteiger partial charge in [0.1, 0.15) is 5.69 Å². The zero-order chi connectivity index (χ0) is 14.7. The van der Waals surface area contributed by atoms with Gasteiger partial charge in [0.2, 0.25) is 0 Å². The van der Waals surface area contributed by atoms with Gasteiger partial charge >= 0.3 is 0 Å². The quantitative estimate of drug-likeness (QED) is 0.509. The molecule has 2 rings (SSSR count). The molecule has 108 valence electrons. The fourth-order valence-corrected chi connectivity index (χ4v) is 2.22. The topological polar surface area (TPSA) is 98.7 Å². The summed E-state index contributed by atoms with van der Waals surface area (Å²) in [6, 6.07) is 2.52. The molecule has 1 aromatic carbocycles. The first kappa shape index (κ1) is 14.5. The fraction of sp³-hybridized carbons (Fsp3) is 0.417. The Bertz CT molecular complexity index is 542. The number of hydrogen-bond donors (Lipinski definition) is 1. The maximum Gasteiger partial charge on any atom is 0.294 e. The minimum absolute atomic E-state index is 0.00798. The van der Waals surface area contributed by atoms with E-state index < -0.39 is 4.92 Å². The minimum Gasteiger partial charge on any atom is -0.392 e. The zero-order valence-corrected chi connectivity index (χ0v) is 11.4. The van der Waals surface area contributed by atoms with Crippen molar-refractivity contribution in [1.29, 1.82) is 0 Å². The summed E-state index contributed by atoms with van der Waals surface area (Å²) in [4.78, 5) is 24.2. The lowest BCUT2D eigenvalue weighted by Gasteiger charge is -2.19. The molecule has 0 radical (unpaired) electrons. The number of nitrogen functional groups attached to an aromatic ring is 1. The van der Waals surface area contributed by atoms with Crippen LogP contribution < -0.4 is 5.73 Å². The van der Waals surface area contributed by atoms with Crippen LogP contribution in [0.4, 0.5) is 11.4 Å². The lowest BCUT2D eigenvalue weighted by molar-refractivity contribution is -0.383. The normalized spacial score (nSPS) is 15.8. The van der Waals surface area contributed by atoms with Crippen molar-refractivity contribution in [2.75, 3.05) is 32.0 Å². The number of rotatable bonds is 2. The first-order valence-corrected chi connectivity index (χ1v) is 6.49. The van der Waals surface area contributed by atoms with Gasteiger partial charge in [0.25, 0.3) is 11.6 Å². The van der Waals surface area contributed by atoms with Gasteiger partial charge in [-0.25, -0.2) is 0 Å². The highest BCUT2D eigenvalue weighted by Crippen LogP contribution is 2.31. The Morgan fingerprint density at radius 3 is 2.85 bits per heavy atom. The number of halogens is 1. The lowest BCUT2D eigenvalue weighted by atomic mass is 10.1. The van der Waals surface area contributed by atoms with Crippen LogP contribution in [0.25, 0.3) is 0 Å². The van der Waals surface area contributed by atoms with Gasteiger partial charge in [-0.1, -0.05) is 11.6 Å². The third-order valence-electron chi connectivity index (χ3n) is 3.06. The molecule has 0 unspecified atom stereocenters. The second-order valence-corrected chi connectivity index (χ2v) is 4.81. The Morgan fingerprint density at radius 2 is 2.15 bits per heavy atom. The van der Waals surface area contributed by atoms with Crippen LogP contribution in [0.2, 0.25) is 5.02 Å². The molecule has 8 heteroatoms. The van der Waals surface area contributed by atoms with Crippen LogP contribution in [0.3, 0.4) is 0 Å². The highest BCUT2D eigenvalue weighted by Gasteiger charge is 2.23. The first-order chi connectivity index (χ1) is 9.50. The van der Waals surface area contributed by atoms with Crippen LogP contribution in [0.5, 0.6) is 0 Å². The summed E-state index contributed by atoms with van der Waals surface area (Å²) in [6.45, 7) is 2.06. The van der Waals surface area contributed by atoms with Crippen molar-refractivity contribution in [1.82, 2.24) is 4.90 Å². The fourth-order valence-electron chi connectivity index (χ4n) is 2.01. The molecule has 0 atom stereocenters. The van der Waals surface area contributed by atoms with E-state index in [0.29, 0.717) is 26.3 Å². The van der Waals surface area contributed by atoms with E-state index in [9.17, 15) is 14.9 Å². The molecular weight excluding hydrogens is 286 g/mol. The average Bonchev–Trinajstić information content (AvgIpc) is 2.69. The third-order valence-corrected chi connectivity index (χ3v) is 3.37. The molecule has 0 saturated carbocycles. The van der Waals surface area contributed by atoms with E-state index in [1.54, 1.807) is 4.90 Å². The molecule has 0 bridgehead atoms. The number of ether oxygens (including phenoxy) is 1. The Balaban J connectivity index is 2.31. The molecule has 1 aliphatic heterocycles. The van der Waals surface area contributed by atoms with Gasteiger partial charge in [-0.15, -0.1) is 0 Å². The molecule has 0 aliphatic carbocycles. The van der Waals surface area contributed by atoms with Crippen LogP contribution >= 0.6 is 11.6 Å². The number of carbonyl (C=O) groups is 1. The Kier molecular flexibility index (Phi) is 4.41. The number of carbonyl (C=O) groups excluding carboxylic acids is 1. The van der Waals surface area contributed by atoms with Crippen LogP contribution in [-0.4, -0.2) is 42.0 Å². The average molecular weight is 300 g/mol. The Morgan fingerprint density at radius 1 is 1.40 bits per heavy atom. The van der Waals surface area contributed by atoms with Crippen molar-refractivity contribution in [2.24, 2.45) is 0 Å². The predicted octanol–water partition coefficient (Wildman–Crippen LogP) is 1.69. The summed E-state index contributed by atoms with van der Waals surface area (Å²) in [5.41, 5.74) is 5.22. The molecule has 1 aromatic rings. The second-order valence-electron chi connectivity index (χ2n) is 4.41. The maximum atomic E-state index is 12.3.